The molecule has 0 spiro atoms. The number of hydrogen-bond donors (Lipinski definition) is 2. The topological polar surface area (TPSA) is 75.6 Å². The van der Waals surface area contributed by atoms with Crippen LogP contribution in [-0.2, 0) is 4.84 Å². The highest BCUT2D eigenvalue weighted by Crippen LogP contribution is 2.16. The molecular formula is C14H11NO4. The Kier molecular flexibility index (Phi) is 3.78. The Morgan fingerprint density at radius 3 is 2.26 bits per heavy atom. The quantitative estimate of drug-likeness (QED) is 0.805. The summed E-state index contributed by atoms with van der Waals surface area (Å²) in [6.07, 6.45) is 0. The van der Waals surface area contributed by atoms with Gasteiger partial charge in [0.05, 0.1) is 0 Å². The number of para-hydroxylation sites is 1. The summed E-state index contributed by atoms with van der Waals surface area (Å²) in [5, 5.41) is 9.45. The largest absolute Gasteiger partial charge is 0.507 e. The summed E-state index contributed by atoms with van der Waals surface area (Å²) in [6.45, 7) is 0. The molecule has 0 saturated carbocycles. The minimum absolute atomic E-state index is 0.0177. The molecule has 19 heavy (non-hydrogen) atoms. The van der Waals surface area contributed by atoms with E-state index in [-0.39, 0.29) is 11.3 Å². The van der Waals surface area contributed by atoms with E-state index in [9.17, 15) is 14.7 Å². The number of phenols is 1. The van der Waals surface area contributed by atoms with Crippen molar-refractivity contribution in [2.24, 2.45) is 0 Å². The Balaban J connectivity index is 1.98. The Bertz CT molecular complexity index is 595. The Labute approximate surface area is 109 Å². The number of carbonyl (C=O) groups is 2. The molecule has 0 aliphatic heterocycles. The van der Waals surface area contributed by atoms with E-state index < -0.39 is 11.9 Å². The highest BCUT2D eigenvalue weighted by Gasteiger charge is 2.14. The molecule has 0 fully saturated rings. The van der Waals surface area contributed by atoms with E-state index in [1.165, 1.54) is 12.1 Å². The maximum atomic E-state index is 11.6. The summed E-state index contributed by atoms with van der Waals surface area (Å²) in [6, 6.07) is 14.2. The van der Waals surface area contributed by atoms with Gasteiger partial charge in [-0.15, -0.1) is 0 Å². The minimum atomic E-state index is -0.831. The third kappa shape index (κ3) is 3.10. The fourth-order valence-electron chi connectivity index (χ4n) is 1.44. The molecule has 0 atom stereocenters. The van der Waals surface area contributed by atoms with E-state index >= 15 is 0 Å². The van der Waals surface area contributed by atoms with Crippen molar-refractivity contribution in [1.82, 2.24) is 5.48 Å². The lowest BCUT2D eigenvalue weighted by molar-refractivity contribution is 0.0227. The zero-order valence-corrected chi connectivity index (χ0v) is 9.87. The standard InChI is InChI=1S/C14H11NO4/c16-12-9-5-4-8-11(12)14(18)19-15-13(17)10-6-2-1-3-7-10/h1-9,16H,(H,15,17). The zero-order chi connectivity index (χ0) is 13.7. The normalized spacial score (nSPS) is 9.68. The number of amides is 1. The van der Waals surface area contributed by atoms with E-state index in [4.69, 9.17) is 0 Å². The molecule has 1 amide bonds. The summed E-state index contributed by atoms with van der Waals surface area (Å²) in [4.78, 5) is 27.8. The van der Waals surface area contributed by atoms with Crippen LogP contribution in [0.1, 0.15) is 20.7 Å². The molecule has 2 N–H and O–H groups in total. The van der Waals surface area contributed by atoms with E-state index in [2.05, 4.69) is 4.84 Å². The van der Waals surface area contributed by atoms with Gasteiger partial charge in [-0.3, -0.25) is 4.79 Å². The van der Waals surface area contributed by atoms with Crippen LogP contribution in [0.4, 0.5) is 0 Å². The molecule has 5 heteroatoms. The van der Waals surface area contributed by atoms with Crippen LogP contribution in [0.25, 0.3) is 0 Å². The maximum Gasteiger partial charge on any atom is 0.366 e. The number of benzene rings is 2. The van der Waals surface area contributed by atoms with Gasteiger partial charge in [-0.05, 0) is 24.3 Å². The molecule has 0 bridgehead atoms. The molecule has 96 valence electrons. The van der Waals surface area contributed by atoms with Gasteiger partial charge in [-0.1, -0.05) is 30.3 Å². The number of carbonyl (C=O) groups excluding carboxylic acids is 2. The number of nitrogens with one attached hydrogen (secondary N) is 1. The molecule has 0 aromatic heterocycles. The second kappa shape index (κ2) is 5.68. The Hall–Kier alpha value is -2.82. The fourth-order valence-corrected chi connectivity index (χ4v) is 1.44. The average Bonchev–Trinajstić information content (AvgIpc) is 2.46. The van der Waals surface area contributed by atoms with Gasteiger partial charge >= 0.3 is 5.97 Å². The van der Waals surface area contributed by atoms with Gasteiger partial charge in [-0.25, -0.2) is 4.79 Å². The molecule has 2 aromatic rings. The van der Waals surface area contributed by atoms with Crippen LogP contribution >= 0.6 is 0 Å². The lowest BCUT2D eigenvalue weighted by Gasteiger charge is -2.06. The summed E-state index contributed by atoms with van der Waals surface area (Å²) >= 11 is 0. The summed E-state index contributed by atoms with van der Waals surface area (Å²) < 4.78 is 0. The monoisotopic (exact) mass is 257 g/mol. The van der Waals surface area contributed by atoms with Crippen molar-refractivity contribution in [2.75, 3.05) is 0 Å². The molecular weight excluding hydrogens is 246 g/mol. The van der Waals surface area contributed by atoms with Gasteiger partial charge in [0.2, 0.25) is 0 Å². The summed E-state index contributed by atoms with van der Waals surface area (Å²) in [7, 11) is 0. The van der Waals surface area contributed by atoms with Gasteiger partial charge in [0, 0.05) is 5.56 Å². The SMILES string of the molecule is O=C(NOC(=O)c1ccccc1O)c1ccccc1. The first-order chi connectivity index (χ1) is 9.18. The van der Waals surface area contributed by atoms with Crippen molar-refractivity contribution in [3.63, 3.8) is 0 Å². The van der Waals surface area contributed by atoms with Crippen LogP contribution in [0.5, 0.6) is 5.75 Å². The lowest BCUT2D eigenvalue weighted by atomic mass is 10.2. The molecule has 0 saturated heterocycles. The van der Waals surface area contributed by atoms with E-state index in [1.54, 1.807) is 42.5 Å². The molecule has 0 heterocycles. The third-order valence-corrected chi connectivity index (χ3v) is 2.40. The second-order valence-corrected chi connectivity index (χ2v) is 3.70. The number of rotatable bonds is 2. The smallest absolute Gasteiger partial charge is 0.366 e. The molecule has 5 nitrogen and oxygen atoms in total. The first-order valence-electron chi connectivity index (χ1n) is 5.53. The number of hydrogen-bond acceptors (Lipinski definition) is 4. The molecule has 0 aliphatic rings. The van der Waals surface area contributed by atoms with E-state index in [0.717, 1.165) is 0 Å². The van der Waals surface area contributed by atoms with Crippen molar-refractivity contribution in [3.05, 3.63) is 65.7 Å². The average molecular weight is 257 g/mol. The van der Waals surface area contributed by atoms with Crippen molar-refractivity contribution in [3.8, 4) is 5.75 Å². The number of aromatic hydroxyl groups is 1. The van der Waals surface area contributed by atoms with Crippen LogP contribution in [-0.4, -0.2) is 17.0 Å². The first-order valence-corrected chi connectivity index (χ1v) is 5.53. The van der Waals surface area contributed by atoms with E-state index in [1.807, 2.05) is 5.48 Å². The van der Waals surface area contributed by atoms with Crippen LogP contribution in [0.3, 0.4) is 0 Å². The van der Waals surface area contributed by atoms with E-state index in [0.29, 0.717) is 5.56 Å². The molecule has 2 aromatic carbocycles. The highest BCUT2D eigenvalue weighted by molar-refractivity contribution is 5.96. The highest BCUT2D eigenvalue weighted by atomic mass is 16.7. The summed E-state index contributed by atoms with van der Waals surface area (Å²) in [5.74, 6) is -1.58. The maximum absolute atomic E-state index is 11.6. The molecule has 0 unspecified atom stereocenters. The third-order valence-electron chi connectivity index (χ3n) is 2.40. The van der Waals surface area contributed by atoms with Crippen LogP contribution < -0.4 is 5.48 Å². The number of phenolic OH excluding ortho intramolecular Hbond substituents is 1. The van der Waals surface area contributed by atoms with Crippen molar-refractivity contribution in [2.45, 2.75) is 0 Å². The molecule has 2 rings (SSSR count). The van der Waals surface area contributed by atoms with Crippen molar-refractivity contribution in [1.29, 1.82) is 0 Å². The van der Waals surface area contributed by atoms with Gasteiger partial charge in [0.15, 0.2) is 0 Å². The van der Waals surface area contributed by atoms with Crippen LogP contribution in [0, 0.1) is 0 Å². The van der Waals surface area contributed by atoms with Gasteiger partial charge < -0.3 is 9.94 Å². The Morgan fingerprint density at radius 2 is 1.58 bits per heavy atom. The minimum Gasteiger partial charge on any atom is -0.507 e. The van der Waals surface area contributed by atoms with Crippen LogP contribution in [0.2, 0.25) is 0 Å². The van der Waals surface area contributed by atoms with Gasteiger partial charge in [0.25, 0.3) is 5.91 Å². The van der Waals surface area contributed by atoms with Gasteiger partial charge in [0.1, 0.15) is 11.3 Å². The number of hydroxylamine groups is 1. The van der Waals surface area contributed by atoms with Crippen molar-refractivity contribution >= 4 is 11.9 Å². The molecule has 0 radical (unpaired) electrons. The fraction of sp³-hybridized carbons (Fsp3) is 0. The second-order valence-electron chi connectivity index (χ2n) is 3.70. The lowest BCUT2D eigenvalue weighted by Crippen LogP contribution is -2.27. The van der Waals surface area contributed by atoms with Gasteiger partial charge in [-0.2, -0.15) is 5.48 Å². The Morgan fingerprint density at radius 1 is 0.947 bits per heavy atom. The van der Waals surface area contributed by atoms with Crippen LogP contribution in [0.15, 0.2) is 54.6 Å². The first kappa shape index (κ1) is 12.6. The zero-order valence-electron chi connectivity index (χ0n) is 9.87. The predicted molar refractivity (Wildman–Crippen MR) is 67.4 cm³/mol. The predicted octanol–water partition coefficient (Wildman–Crippen LogP) is 1.89. The van der Waals surface area contributed by atoms with Crippen molar-refractivity contribution < 1.29 is 19.5 Å². The molecule has 0 aliphatic carbocycles. The summed E-state index contributed by atoms with van der Waals surface area (Å²) in [5.41, 5.74) is 2.38.